The third-order valence-electron chi connectivity index (χ3n) is 5.06. The standard InChI is InChI=1S/C23H27N3O7/c1-16(2)15-32-23(28)25-12-10-24(11-13-25)22(27)20-14-17(26(29)30)4-9-21(20)33-19-7-5-18(31-3)6-8-19/h4-9,14,16H,10-13,15H2,1-3H3. The highest BCUT2D eigenvalue weighted by Crippen LogP contribution is 2.31. The molecule has 2 aromatic rings. The number of nitro benzene ring substituents is 1. The molecule has 0 radical (unpaired) electrons. The second-order valence-electron chi connectivity index (χ2n) is 7.97. The number of benzene rings is 2. The van der Waals surface area contributed by atoms with Gasteiger partial charge in [-0.05, 0) is 36.2 Å². The van der Waals surface area contributed by atoms with Crippen molar-refractivity contribution in [1.82, 2.24) is 9.80 Å². The maximum Gasteiger partial charge on any atom is 0.409 e. The Balaban J connectivity index is 1.75. The van der Waals surface area contributed by atoms with Gasteiger partial charge in [-0.2, -0.15) is 0 Å². The molecule has 0 aromatic heterocycles. The number of amides is 2. The zero-order chi connectivity index (χ0) is 24.0. The summed E-state index contributed by atoms with van der Waals surface area (Å²) < 4.78 is 16.2. The molecular weight excluding hydrogens is 430 g/mol. The van der Waals surface area contributed by atoms with E-state index in [-0.39, 0.29) is 36.0 Å². The number of carbonyl (C=O) groups excluding carboxylic acids is 2. The van der Waals surface area contributed by atoms with Gasteiger partial charge >= 0.3 is 6.09 Å². The molecule has 176 valence electrons. The molecule has 1 aliphatic heterocycles. The molecule has 0 N–H and O–H groups in total. The topological polar surface area (TPSA) is 111 Å². The minimum Gasteiger partial charge on any atom is -0.497 e. The van der Waals surface area contributed by atoms with E-state index in [9.17, 15) is 19.7 Å². The van der Waals surface area contributed by atoms with Crippen LogP contribution >= 0.6 is 0 Å². The van der Waals surface area contributed by atoms with Gasteiger partial charge in [-0.1, -0.05) is 13.8 Å². The van der Waals surface area contributed by atoms with Crippen LogP contribution in [0.1, 0.15) is 24.2 Å². The highest BCUT2D eigenvalue weighted by molar-refractivity contribution is 5.98. The van der Waals surface area contributed by atoms with Crippen molar-refractivity contribution < 1.29 is 28.7 Å². The summed E-state index contributed by atoms with van der Waals surface area (Å²) in [6.07, 6.45) is -0.408. The summed E-state index contributed by atoms with van der Waals surface area (Å²) in [5.41, 5.74) is -0.132. The lowest BCUT2D eigenvalue weighted by Gasteiger charge is -2.34. The quantitative estimate of drug-likeness (QED) is 0.457. The first-order valence-electron chi connectivity index (χ1n) is 10.6. The molecule has 1 fully saturated rings. The summed E-state index contributed by atoms with van der Waals surface area (Å²) in [6, 6.07) is 10.7. The molecule has 2 amide bonds. The van der Waals surface area contributed by atoms with Gasteiger partial charge in [0.15, 0.2) is 0 Å². The van der Waals surface area contributed by atoms with Gasteiger partial charge in [-0.15, -0.1) is 0 Å². The van der Waals surface area contributed by atoms with E-state index in [4.69, 9.17) is 14.2 Å². The van der Waals surface area contributed by atoms with Gasteiger partial charge in [-0.3, -0.25) is 14.9 Å². The molecule has 3 rings (SSSR count). The van der Waals surface area contributed by atoms with E-state index < -0.39 is 16.9 Å². The second-order valence-corrected chi connectivity index (χ2v) is 7.97. The molecule has 10 nitrogen and oxygen atoms in total. The van der Waals surface area contributed by atoms with Crippen LogP contribution in [0.15, 0.2) is 42.5 Å². The third kappa shape index (κ3) is 6.12. The fraction of sp³-hybridized carbons (Fsp3) is 0.391. The van der Waals surface area contributed by atoms with Crippen molar-refractivity contribution in [1.29, 1.82) is 0 Å². The predicted octanol–water partition coefficient (Wildman–Crippen LogP) is 3.95. The van der Waals surface area contributed by atoms with E-state index in [0.717, 1.165) is 0 Å². The first-order chi connectivity index (χ1) is 15.8. The Hall–Kier alpha value is -3.82. The smallest absolute Gasteiger partial charge is 0.409 e. The van der Waals surface area contributed by atoms with E-state index in [1.807, 2.05) is 13.8 Å². The monoisotopic (exact) mass is 457 g/mol. The van der Waals surface area contributed by atoms with Crippen molar-refractivity contribution in [3.05, 3.63) is 58.1 Å². The summed E-state index contributed by atoms with van der Waals surface area (Å²) >= 11 is 0. The van der Waals surface area contributed by atoms with Crippen molar-refractivity contribution in [2.45, 2.75) is 13.8 Å². The average molecular weight is 457 g/mol. The number of methoxy groups -OCH3 is 1. The van der Waals surface area contributed by atoms with Crippen molar-refractivity contribution >= 4 is 17.7 Å². The van der Waals surface area contributed by atoms with Crippen LogP contribution in [0.25, 0.3) is 0 Å². The number of hydrogen-bond acceptors (Lipinski definition) is 7. The van der Waals surface area contributed by atoms with Crippen molar-refractivity contribution in [3.8, 4) is 17.2 Å². The fourth-order valence-corrected chi connectivity index (χ4v) is 3.25. The Kier molecular flexibility index (Phi) is 7.70. The Morgan fingerprint density at radius 3 is 2.18 bits per heavy atom. The van der Waals surface area contributed by atoms with Crippen LogP contribution in [0.2, 0.25) is 0 Å². The number of hydrogen-bond donors (Lipinski definition) is 0. The van der Waals surface area contributed by atoms with Crippen molar-refractivity contribution in [3.63, 3.8) is 0 Å². The molecule has 0 aliphatic carbocycles. The average Bonchev–Trinajstić information content (AvgIpc) is 2.82. The normalized spacial score (nSPS) is 13.6. The van der Waals surface area contributed by atoms with Gasteiger partial charge in [0.1, 0.15) is 17.2 Å². The first-order valence-corrected chi connectivity index (χ1v) is 10.6. The summed E-state index contributed by atoms with van der Waals surface area (Å²) in [7, 11) is 1.55. The van der Waals surface area contributed by atoms with Crippen LogP contribution in [0, 0.1) is 16.0 Å². The Morgan fingerprint density at radius 1 is 1.00 bits per heavy atom. The van der Waals surface area contributed by atoms with E-state index in [0.29, 0.717) is 31.2 Å². The second kappa shape index (κ2) is 10.7. The number of nitrogens with zero attached hydrogens (tertiary/aromatic N) is 3. The first kappa shape index (κ1) is 23.8. The Morgan fingerprint density at radius 2 is 1.61 bits per heavy atom. The summed E-state index contributed by atoms with van der Waals surface area (Å²) in [4.78, 5) is 39.2. The van der Waals surface area contributed by atoms with Gasteiger partial charge in [0.25, 0.3) is 11.6 Å². The molecule has 33 heavy (non-hydrogen) atoms. The number of carbonyl (C=O) groups is 2. The maximum absolute atomic E-state index is 13.2. The Bertz CT molecular complexity index is 1000. The molecule has 1 aliphatic rings. The number of non-ortho nitro benzene ring substituents is 1. The van der Waals surface area contributed by atoms with E-state index in [1.165, 1.54) is 18.2 Å². The van der Waals surface area contributed by atoms with Gasteiger partial charge in [0, 0.05) is 38.3 Å². The zero-order valence-electron chi connectivity index (χ0n) is 18.9. The molecule has 1 saturated heterocycles. The molecule has 0 atom stereocenters. The highest BCUT2D eigenvalue weighted by Gasteiger charge is 2.28. The number of nitro groups is 1. The van der Waals surface area contributed by atoms with E-state index >= 15 is 0 Å². The minimum atomic E-state index is -0.559. The summed E-state index contributed by atoms with van der Waals surface area (Å²) in [5, 5.41) is 11.3. The Labute approximate surface area is 191 Å². The maximum atomic E-state index is 13.2. The van der Waals surface area contributed by atoms with Crippen molar-refractivity contribution in [2.24, 2.45) is 5.92 Å². The molecule has 10 heteroatoms. The van der Waals surface area contributed by atoms with Crippen LogP contribution in [0.5, 0.6) is 17.2 Å². The van der Waals surface area contributed by atoms with Crippen LogP contribution in [-0.4, -0.2) is 66.6 Å². The largest absolute Gasteiger partial charge is 0.497 e. The molecule has 0 unspecified atom stereocenters. The predicted molar refractivity (Wildman–Crippen MR) is 120 cm³/mol. The van der Waals surface area contributed by atoms with Crippen LogP contribution < -0.4 is 9.47 Å². The molecule has 0 spiro atoms. The van der Waals surface area contributed by atoms with Crippen LogP contribution in [-0.2, 0) is 4.74 Å². The van der Waals surface area contributed by atoms with Gasteiger partial charge in [-0.25, -0.2) is 4.79 Å². The molecule has 0 saturated carbocycles. The molecule has 1 heterocycles. The van der Waals surface area contributed by atoms with E-state index in [2.05, 4.69) is 0 Å². The van der Waals surface area contributed by atoms with Gasteiger partial charge < -0.3 is 24.0 Å². The minimum absolute atomic E-state index is 0.0795. The lowest BCUT2D eigenvalue weighted by atomic mass is 10.1. The van der Waals surface area contributed by atoms with E-state index in [1.54, 1.807) is 41.2 Å². The van der Waals surface area contributed by atoms with Gasteiger partial charge in [0.2, 0.25) is 0 Å². The number of ether oxygens (including phenoxy) is 3. The number of rotatable bonds is 7. The SMILES string of the molecule is COc1ccc(Oc2ccc([N+](=O)[O-])cc2C(=O)N2CCN(C(=O)OCC(C)C)CC2)cc1. The lowest BCUT2D eigenvalue weighted by Crippen LogP contribution is -2.50. The third-order valence-corrected chi connectivity index (χ3v) is 5.06. The van der Waals surface area contributed by atoms with Crippen molar-refractivity contribution in [2.75, 3.05) is 39.9 Å². The zero-order valence-corrected chi connectivity index (χ0v) is 18.9. The molecule has 0 bridgehead atoms. The number of piperazine rings is 1. The molecular formula is C23H27N3O7. The fourth-order valence-electron chi connectivity index (χ4n) is 3.25. The summed E-state index contributed by atoms with van der Waals surface area (Å²) in [6.45, 7) is 5.42. The highest BCUT2D eigenvalue weighted by atomic mass is 16.6. The van der Waals surface area contributed by atoms with Crippen LogP contribution in [0.3, 0.4) is 0 Å². The molecule has 2 aromatic carbocycles. The summed E-state index contributed by atoms with van der Waals surface area (Å²) in [5.74, 6) is 1.13. The van der Waals surface area contributed by atoms with Crippen LogP contribution in [0.4, 0.5) is 10.5 Å². The lowest BCUT2D eigenvalue weighted by molar-refractivity contribution is -0.384. The van der Waals surface area contributed by atoms with Gasteiger partial charge in [0.05, 0.1) is 24.2 Å².